The second-order valence-electron chi connectivity index (χ2n) is 4.05. The Labute approximate surface area is 94.0 Å². The minimum atomic E-state index is -0.212. The van der Waals surface area contributed by atoms with E-state index in [2.05, 4.69) is 10.6 Å². The van der Waals surface area contributed by atoms with E-state index < -0.39 is 0 Å². The van der Waals surface area contributed by atoms with Gasteiger partial charge in [-0.1, -0.05) is 12.1 Å². The Morgan fingerprint density at radius 2 is 2.38 bits per heavy atom. The number of hydrogen-bond donors (Lipinski definition) is 2. The number of piperidine rings is 1. The molecule has 1 atom stereocenters. The van der Waals surface area contributed by atoms with Crippen LogP contribution in [0.4, 0.5) is 4.39 Å². The van der Waals surface area contributed by atoms with Crippen LogP contribution < -0.4 is 10.6 Å². The molecule has 2 rings (SSSR count). The molecule has 0 aromatic heterocycles. The van der Waals surface area contributed by atoms with Gasteiger partial charge in [-0.05, 0) is 24.1 Å². The Hall–Kier alpha value is -1.42. The van der Waals surface area contributed by atoms with E-state index >= 15 is 0 Å². The van der Waals surface area contributed by atoms with E-state index in [9.17, 15) is 9.18 Å². The number of benzene rings is 1. The Morgan fingerprint density at radius 3 is 3.06 bits per heavy atom. The topological polar surface area (TPSA) is 41.1 Å². The van der Waals surface area contributed by atoms with Crippen molar-refractivity contribution < 1.29 is 9.18 Å². The summed E-state index contributed by atoms with van der Waals surface area (Å²) in [4.78, 5) is 10.9. The second-order valence-corrected chi connectivity index (χ2v) is 4.05. The van der Waals surface area contributed by atoms with E-state index in [1.807, 2.05) is 6.07 Å². The molecule has 86 valence electrons. The zero-order valence-electron chi connectivity index (χ0n) is 9.00. The van der Waals surface area contributed by atoms with Crippen LogP contribution in [0.1, 0.15) is 18.4 Å². The molecule has 0 saturated carbocycles. The molecule has 0 bridgehead atoms. The van der Waals surface area contributed by atoms with Crippen molar-refractivity contribution in [2.45, 2.75) is 25.4 Å². The Bertz CT molecular complexity index is 371. The van der Waals surface area contributed by atoms with Gasteiger partial charge in [-0.15, -0.1) is 0 Å². The standard InChI is InChI=1S/C12H15FN2O/c13-10-3-1-2-9(6-10)7-14-11-4-5-12(16)15-8-11/h1-3,6,11,14H,4-5,7-8H2,(H,15,16). The molecule has 16 heavy (non-hydrogen) atoms. The molecule has 1 heterocycles. The normalized spacial score (nSPS) is 20.6. The molecule has 1 fully saturated rings. The summed E-state index contributed by atoms with van der Waals surface area (Å²) < 4.78 is 12.9. The molecule has 2 N–H and O–H groups in total. The maximum Gasteiger partial charge on any atom is 0.220 e. The van der Waals surface area contributed by atoms with Gasteiger partial charge in [0.2, 0.25) is 5.91 Å². The molecule has 0 spiro atoms. The predicted molar refractivity (Wildman–Crippen MR) is 59.3 cm³/mol. The lowest BCUT2D eigenvalue weighted by atomic mass is 10.1. The van der Waals surface area contributed by atoms with Gasteiger partial charge in [0, 0.05) is 25.6 Å². The van der Waals surface area contributed by atoms with Gasteiger partial charge in [-0.2, -0.15) is 0 Å². The van der Waals surface area contributed by atoms with Crippen molar-refractivity contribution in [3.63, 3.8) is 0 Å². The minimum absolute atomic E-state index is 0.115. The summed E-state index contributed by atoms with van der Waals surface area (Å²) in [6.07, 6.45) is 1.42. The van der Waals surface area contributed by atoms with Crippen molar-refractivity contribution >= 4 is 5.91 Å². The summed E-state index contributed by atoms with van der Waals surface area (Å²) in [7, 11) is 0. The van der Waals surface area contributed by atoms with Crippen molar-refractivity contribution in [2.24, 2.45) is 0 Å². The molecule has 0 radical (unpaired) electrons. The highest BCUT2D eigenvalue weighted by molar-refractivity contribution is 5.76. The zero-order valence-corrected chi connectivity index (χ0v) is 9.00. The number of carbonyl (C=O) groups excluding carboxylic acids is 1. The molecular formula is C12H15FN2O. The van der Waals surface area contributed by atoms with Crippen molar-refractivity contribution in [3.05, 3.63) is 35.6 Å². The van der Waals surface area contributed by atoms with Crippen LogP contribution in [-0.2, 0) is 11.3 Å². The molecule has 3 nitrogen and oxygen atoms in total. The number of amides is 1. The first-order chi connectivity index (χ1) is 7.74. The van der Waals surface area contributed by atoms with Crippen LogP contribution in [0.15, 0.2) is 24.3 Å². The first-order valence-corrected chi connectivity index (χ1v) is 5.48. The molecule has 1 saturated heterocycles. The van der Waals surface area contributed by atoms with Gasteiger partial charge < -0.3 is 10.6 Å². The van der Waals surface area contributed by atoms with Crippen LogP contribution in [-0.4, -0.2) is 18.5 Å². The third-order valence-corrected chi connectivity index (χ3v) is 2.75. The fraction of sp³-hybridized carbons (Fsp3) is 0.417. The molecule has 1 aliphatic rings. The van der Waals surface area contributed by atoms with E-state index in [1.165, 1.54) is 12.1 Å². The van der Waals surface area contributed by atoms with Gasteiger partial charge in [0.05, 0.1) is 0 Å². The highest BCUT2D eigenvalue weighted by atomic mass is 19.1. The molecule has 1 aliphatic heterocycles. The molecule has 1 unspecified atom stereocenters. The van der Waals surface area contributed by atoms with Crippen molar-refractivity contribution in [1.29, 1.82) is 0 Å². The Balaban J connectivity index is 1.81. The maximum absolute atomic E-state index is 12.9. The summed E-state index contributed by atoms with van der Waals surface area (Å²) in [6.45, 7) is 1.30. The summed E-state index contributed by atoms with van der Waals surface area (Å²) in [6, 6.07) is 6.84. The highest BCUT2D eigenvalue weighted by Gasteiger charge is 2.16. The average molecular weight is 222 g/mol. The largest absolute Gasteiger partial charge is 0.355 e. The zero-order chi connectivity index (χ0) is 11.4. The monoisotopic (exact) mass is 222 g/mol. The van der Waals surface area contributed by atoms with Crippen LogP contribution >= 0.6 is 0 Å². The SMILES string of the molecule is O=C1CCC(NCc2cccc(F)c2)CN1. The minimum Gasteiger partial charge on any atom is -0.355 e. The number of carbonyl (C=O) groups is 1. The van der Waals surface area contributed by atoms with Crippen LogP contribution in [0.2, 0.25) is 0 Å². The van der Waals surface area contributed by atoms with E-state index in [1.54, 1.807) is 6.07 Å². The highest BCUT2D eigenvalue weighted by Crippen LogP contribution is 2.06. The first kappa shape index (κ1) is 11.1. The number of nitrogens with one attached hydrogen (secondary N) is 2. The second kappa shape index (κ2) is 5.07. The number of halogens is 1. The number of rotatable bonds is 3. The molecule has 0 aliphatic carbocycles. The predicted octanol–water partition coefficient (Wildman–Crippen LogP) is 1.19. The maximum atomic E-state index is 12.9. The van der Waals surface area contributed by atoms with Crippen LogP contribution in [0.5, 0.6) is 0 Å². The lowest BCUT2D eigenvalue weighted by Crippen LogP contribution is -2.45. The Morgan fingerprint density at radius 1 is 1.50 bits per heavy atom. The van der Waals surface area contributed by atoms with Crippen LogP contribution in [0.3, 0.4) is 0 Å². The molecule has 1 aromatic rings. The third kappa shape index (κ3) is 3.03. The molecular weight excluding hydrogens is 207 g/mol. The van der Waals surface area contributed by atoms with E-state index in [0.717, 1.165) is 12.0 Å². The van der Waals surface area contributed by atoms with Gasteiger partial charge >= 0.3 is 0 Å². The fourth-order valence-electron chi connectivity index (χ4n) is 1.82. The molecule has 1 aromatic carbocycles. The van der Waals surface area contributed by atoms with Gasteiger partial charge in [-0.25, -0.2) is 4.39 Å². The van der Waals surface area contributed by atoms with Gasteiger partial charge in [-0.3, -0.25) is 4.79 Å². The summed E-state index contributed by atoms with van der Waals surface area (Å²) in [5.41, 5.74) is 0.928. The smallest absolute Gasteiger partial charge is 0.220 e. The quantitative estimate of drug-likeness (QED) is 0.806. The van der Waals surface area contributed by atoms with Gasteiger partial charge in [0.25, 0.3) is 0 Å². The van der Waals surface area contributed by atoms with E-state index in [-0.39, 0.29) is 11.7 Å². The fourth-order valence-corrected chi connectivity index (χ4v) is 1.82. The van der Waals surface area contributed by atoms with Crippen molar-refractivity contribution in [3.8, 4) is 0 Å². The van der Waals surface area contributed by atoms with Crippen molar-refractivity contribution in [2.75, 3.05) is 6.54 Å². The summed E-state index contributed by atoms with van der Waals surface area (Å²) in [5.74, 6) is -0.0972. The van der Waals surface area contributed by atoms with Crippen molar-refractivity contribution in [1.82, 2.24) is 10.6 Å². The Kier molecular flexibility index (Phi) is 3.51. The van der Waals surface area contributed by atoms with Crippen LogP contribution in [0.25, 0.3) is 0 Å². The number of hydrogen-bond acceptors (Lipinski definition) is 2. The van der Waals surface area contributed by atoms with E-state index in [0.29, 0.717) is 25.6 Å². The first-order valence-electron chi connectivity index (χ1n) is 5.48. The third-order valence-electron chi connectivity index (χ3n) is 2.75. The molecule has 1 amide bonds. The molecule has 4 heteroatoms. The van der Waals surface area contributed by atoms with E-state index in [4.69, 9.17) is 0 Å². The van der Waals surface area contributed by atoms with Gasteiger partial charge in [0.15, 0.2) is 0 Å². The summed E-state index contributed by atoms with van der Waals surface area (Å²) >= 11 is 0. The lowest BCUT2D eigenvalue weighted by Gasteiger charge is -2.23. The van der Waals surface area contributed by atoms with Gasteiger partial charge in [0.1, 0.15) is 5.82 Å². The lowest BCUT2D eigenvalue weighted by molar-refractivity contribution is -0.122. The van der Waals surface area contributed by atoms with Crippen LogP contribution in [0, 0.1) is 5.82 Å². The average Bonchev–Trinajstić information content (AvgIpc) is 2.28. The summed E-state index contributed by atoms with van der Waals surface area (Å²) in [5, 5.41) is 6.11.